The van der Waals surface area contributed by atoms with E-state index in [0.717, 1.165) is 12.0 Å². The van der Waals surface area contributed by atoms with Crippen molar-refractivity contribution < 1.29 is 19.1 Å². The number of para-hydroxylation sites is 1. The molecule has 7 nitrogen and oxygen atoms in total. The van der Waals surface area contributed by atoms with Gasteiger partial charge >= 0.3 is 0 Å². The lowest BCUT2D eigenvalue weighted by Crippen LogP contribution is -2.48. The van der Waals surface area contributed by atoms with Gasteiger partial charge < -0.3 is 9.47 Å². The smallest absolute Gasteiger partial charge is 0.257 e. The number of hydrazine groups is 1. The topological polar surface area (TPSA) is 88.7 Å². The molecule has 3 aromatic carbocycles. The zero-order valence-corrected chi connectivity index (χ0v) is 19.0. The minimum absolute atomic E-state index is 0.0171. The van der Waals surface area contributed by atoms with Gasteiger partial charge in [0.15, 0.2) is 5.11 Å². The zero-order valence-electron chi connectivity index (χ0n) is 18.2. The van der Waals surface area contributed by atoms with Crippen molar-refractivity contribution in [3.05, 3.63) is 95.6 Å². The number of hydrogen-bond acceptors (Lipinski definition) is 5. The van der Waals surface area contributed by atoms with Crippen LogP contribution in [0.4, 0.5) is 0 Å². The van der Waals surface area contributed by atoms with Crippen molar-refractivity contribution in [3.8, 4) is 11.5 Å². The van der Waals surface area contributed by atoms with Gasteiger partial charge in [0.05, 0.1) is 20.1 Å². The second-order valence-corrected chi connectivity index (χ2v) is 7.46. The number of ether oxygens (including phenoxy) is 2. The third-order valence-electron chi connectivity index (χ3n) is 4.70. The summed E-state index contributed by atoms with van der Waals surface area (Å²) in [5.74, 6) is 0.568. The van der Waals surface area contributed by atoms with Gasteiger partial charge in [-0.25, -0.2) is 0 Å². The minimum atomic E-state index is -0.401. The van der Waals surface area contributed by atoms with Gasteiger partial charge in [0.1, 0.15) is 11.5 Å². The summed E-state index contributed by atoms with van der Waals surface area (Å²) in [5.41, 5.74) is 7.34. The highest BCUT2D eigenvalue weighted by atomic mass is 32.1. The Kier molecular flexibility index (Phi) is 8.79. The molecular weight excluding hydrogens is 438 g/mol. The lowest BCUT2D eigenvalue weighted by atomic mass is 10.1. The Hall–Kier alpha value is -3.91. The van der Waals surface area contributed by atoms with E-state index in [1.54, 1.807) is 43.5 Å². The van der Waals surface area contributed by atoms with Gasteiger partial charge in [-0.15, -0.1) is 0 Å². The number of nitrogens with one attached hydrogen (secondary N) is 3. The van der Waals surface area contributed by atoms with Crippen molar-refractivity contribution >= 4 is 29.1 Å². The number of rotatable bonds is 8. The van der Waals surface area contributed by atoms with E-state index in [1.165, 1.54) is 5.56 Å². The first-order valence-corrected chi connectivity index (χ1v) is 10.7. The SMILES string of the molecule is COc1ccccc1CC(=O)NNC(=S)NC(=O)c1ccc(OCCc2ccccc2)cc1. The summed E-state index contributed by atoms with van der Waals surface area (Å²) >= 11 is 5.08. The van der Waals surface area contributed by atoms with Crippen LogP contribution in [-0.2, 0) is 17.6 Å². The third kappa shape index (κ3) is 7.62. The van der Waals surface area contributed by atoms with E-state index in [1.807, 2.05) is 30.3 Å². The van der Waals surface area contributed by atoms with Gasteiger partial charge in [-0.1, -0.05) is 48.5 Å². The number of thiocarbonyl (C=S) groups is 1. The summed E-state index contributed by atoms with van der Waals surface area (Å²) in [6, 6.07) is 24.0. The molecule has 33 heavy (non-hydrogen) atoms. The largest absolute Gasteiger partial charge is 0.496 e. The second-order valence-electron chi connectivity index (χ2n) is 7.05. The zero-order chi connectivity index (χ0) is 23.5. The summed E-state index contributed by atoms with van der Waals surface area (Å²) in [6.45, 7) is 0.540. The molecule has 0 aromatic heterocycles. The summed E-state index contributed by atoms with van der Waals surface area (Å²) in [7, 11) is 1.54. The van der Waals surface area contributed by atoms with E-state index in [0.29, 0.717) is 23.7 Å². The molecule has 8 heteroatoms. The molecule has 0 heterocycles. The first-order valence-electron chi connectivity index (χ1n) is 10.3. The van der Waals surface area contributed by atoms with Crippen LogP contribution in [0.5, 0.6) is 11.5 Å². The molecule has 0 radical (unpaired) electrons. The van der Waals surface area contributed by atoms with Crippen molar-refractivity contribution in [3.63, 3.8) is 0 Å². The summed E-state index contributed by atoms with van der Waals surface area (Å²) in [4.78, 5) is 24.5. The van der Waals surface area contributed by atoms with Crippen molar-refractivity contribution in [1.82, 2.24) is 16.2 Å². The number of carbonyl (C=O) groups excluding carboxylic acids is 2. The summed E-state index contributed by atoms with van der Waals surface area (Å²) in [6.07, 6.45) is 0.894. The molecule has 170 valence electrons. The molecule has 3 N–H and O–H groups in total. The van der Waals surface area contributed by atoms with E-state index in [9.17, 15) is 9.59 Å². The molecule has 0 unspecified atom stereocenters. The van der Waals surface area contributed by atoms with Gasteiger partial charge in [-0.2, -0.15) is 0 Å². The van der Waals surface area contributed by atoms with Crippen LogP contribution in [0.3, 0.4) is 0 Å². The molecule has 0 saturated carbocycles. The Balaban J connectivity index is 1.40. The molecule has 0 atom stereocenters. The minimum Gasteiger partial charge on any atom is -0.496 e. The highest BCUT2D eigenvalue weighted by molar-refractivity contribution is 7.80. The maximum Gasteiger partial charge on any atom is 0.257 e. The molecule has 0 aliphatic heterocycles. The fourth-order valence-corrected chi connectivity index (χ4v) is 3.18. The van der Waals surface area contributed by atoms with Crippen LogP contribution in [0.15, 0.2) is 78.9 Å². The number of benzene rings is 3. The van der Waals surface area contributed by atoms with E-state index in [-0.39, 0.29) is 17.4 Å². The molecule has 0 aliphatic rings. The third-order valence-corrected chi connectivity index (χ3v) is 4.91. The predicted molar refractivity (Wildman–Crippen MR) is 130 cm³/mol. The summed E-state index contributed by atoms with van der Waals surface area (Å²) in [5, 5.41) is 2.51. The van der Waals surface area contributed by atoms with Crippen LogP contribution >= 0.6 is 12.2 Å². The van der Waals surface area contributed by atoms with Crippen LogP contribution in [0.2, 0.25) is 0 Å². The van der Waals surface area contributed by atoms with Crippen LogP contribution in [0, 0.1) is 0 Å². The molecule has 0 fully saturated rings. The predicted octanol–water partition coefficient (Wildman–Crippen LogP) is 3.19. The van der Waals surface area contributed by atoms with Gasteiger partial charge in [0, 0.05) is 17.5 Å². The second kappa shape index (κ2) is 12.2. The fraction of sp³-hybridized carbons (Fsp3) is 0.160. The first-order chi connectivity index (χ1) is 16.0. The Labute approximate surface area is 198 Å². The maximum atomic E-state index is 12.4. The van der Waals surface area contributed by atoms with E-state index >= 15 is 0 Å². The molecule has 3 aromatic rings. The van der Waals surface area contributed by atoms with Crippen molar-refractivity contribution in [2.75, 3.05) is 13.7 Å². The van der Waals surface area contributed by atoms with Crippen LogP contribution in [-0.4, -0.2) is 30.6 Å². The quantitative estimate of drug-likeness (QED) is 0.351. The fourth-order valence-electron chi connectivity index (χ4n) is 3.03. The normalized spacial score (nSPS) is 10.1. The van der Waals surface area contributed by atoms with Crippen LogP contribution in [0.25, 0.3) is 0 Å². The van der Waals surface area contributed by atoms with Crippen molar-refractivity contribution in [1.29, 1.82) is 0 Å². The standard InChI is InChI=1S/C25H25N3O4S/c1-31-22-10-6-5-9-20(22)17-23(29)27-28-25(33)26-24(30)19-11-13-21(14-12-19)32-16-15-18-7-3-2-4-8-18/h2-14H,15-17H2,1H3,(H,27,29)(H2,26,28,30,33). The molecule has 0 aliphatic carbocycles. The highest BCUT2D eigenvalue weighted by Crippen LogP contribution is 2.17. The Morgan fingerprint density at radius 1 is 0.879 bits per heavy atom. The number of amides is 2. The molecule has 3 rings (SSSR count). The maximum absolute atomic E-state index is 12.4. The van der Waals surface area contributed by atoms with Gasteiger partial charge in [-0.05, 0) is 48.1 Å². The number of hydrogen-bond donors (Lipinski definition) is 3. The Morgan fingerprint density at radius 3 is 2.30 bits per heavy atom. The van der Waals surface area contributed by atoms with Crippen LogP contribution < -0.4 is 25.6 Å². The van der Waals surface area contributed by atoms with E-state index < -0.39 is 5.91 Å². The number of carbonyl (C=O) groups is 2. The van der Waals surface area contributed by atoms with Crippen molar-refractivity contribution in [2.45, 2.75) is 12.8 Å². The average Bonchev–Trinajstić information content (AvgIpc) is 2.84. The molecule has 2 amide bonds. The highest BCUT2D eigenvalue weighted by Gasteiger charge is 2.11. The average molecular weight is 464 g/mol. The summed E-state index contributed by atoms with van der Waals surface area (Å²) < 4.78 is 11.0. The van der Waals surface area contributed by atoms with Crippen molar-refractivity contribution in [2.24, 2.45) is 0 Å². The lowest BCUT2D eigenvalue weighted by Gasteiger charge is -2.12. The van der Waals surface area contributed by atoms with Gasteiger partial charge in [-0.3, -0.25) is 25.8 Å². The lowest BCUT2D eigenvalue weighted by molar-refractivity contribution is -0.121. The van der Waals surface area contributed by atoms with Gasteiger partial charge in [0.25, 0.3) is 5.91 Å². The number of methoxy groups -OCH3 is 1. The van der Waals surface area contributed by atoms with Gasteiger partial charge in [0.2, 0.25) is 5.91 Å². The monoisotopic (exact) mass is 463 g/mol. The molecular formula is C25H25N3O4S. The van der Waals surface area contributed by atoms with E-state index in [4.69, 9.17) is 21.7 Å². The van der Waals surface area contributed by atoms with E-state index in [2.05, 4.69) is 28.3 Å². The Bertz CT molecular complexity index is 1090. The van der Waals surface area contributed by atoms with Crippen LogP contribution in [0.1, 0.15) is 21.5 Å². The molecule has 0 saturated heterocycles. The Morgan fingerprint density at radius 2 is 1.58 bits per heavy atom. The molecule has 0 spiro atoms. The first kappa shape index (κ1) is 23.7. The molecule has 0 bridgehead atoms.